The molecule has 0 aliphatic carbocycles. The molecule has 0 N–H and O–H groups in total. The summed E-state index contributed by atoms with van der Waals surface area (Å²) >= 11 is 0. The number of nitrogens with zero attached hydrogens (tertiary/aromatic N) is 2. The van der Waals surface area contributed by atoms with Gasteiger partial charge < -0.3 is 0 Å². The van der Waals surface area contributed by atoms with E-state index >= 15 is 0 Å². The van der Waals surface area contributed by atoms with Crippen LogP contribution in [-0.2, 0) is 15.6 Å². The van der Waals surface area contributed by atoms with Crippen molar-refractivity contribution in [2.75, 3.05) is 0 Å². The molecule has 0 saturated heterocycles. The van der Waals surface area contributed by atoms with Gasteiger partial charge in [0.05, 0.1) is 33.1 Å². The van der Waals surface area contributed by atoms with E-state index in [0.717, 1.165) is 33.6 Å². The topological polar surface area (TPSA) is 59.9 Å². The lowest BCUT2D eigenvalue weighted by Crippen LogP contribution is -2.05. The highest BCUT2D eigenvalue weighted by atomic mass is 32.2. The van der Waals surface area contributed by atoms with Crippen LogP contribution < -0.4 is 0 Å². The smallest absolute Gasteiger partial charge is 0.182 e. The highest BCUT2D eigenvalue weighted by Gasteiger charge is 2.17. The van der Waals surface area contributed by atoms with Gasteiger partial charge in [-0.15, -0.1) is 0 Å². The third-order valence-electron chi connectivity index (χ3n) is 5.56. The van der Waals surface area contributed by atoms with Gasteiger partial charge in [-0.25, -0.2) is 18.4 Å². The van der Waals surface area contributed by atoms with Crippen LogP contribution >= 0.6 is 0 Å². The van der Waals surface area contributed by atoms with Crippen LogP contribution in [0.3, 0.4) is 0 Å². The summed E-state index contributed by atoms with van der Waals surface area (Å²) in [6.07, 6.45) is 0. The summed E-state index contributed by atoms with van der Waals surface area (Å²) in [4.78, 5) is 10.2. The van der Waals surface area contributed by atoms with Crippen LogP contribution in [0.15, 0.2) is 108 Å². The molecule has 0 amide bonds. The maximum Gasteiger partial charge on any atom is 0.182 e. The fraction of sp³-hybridized carbons (Fsp3) is 0.0714. The Morgan fingerprint density at radius 1 is 0.636 bits per heavy atom. The first kappa shape index (κ1) is 21.0. The van der Waals surface area contributed by atoms with Gasteiger partial charge in [0.1, 0.15) is 0 Å². The Bertz CT molecular complexity index is 1530. The Hall–Kier alpha value is -3.83. The number of aryl methyl sites for hydroxylation is 1. The van der Waals surface area contributed by atoms with Gasteiger partial charge in [-0.05, 0) is 36.8 Å². The quantitative estimate of drug-likeness (QED) is 0.318. The van der Waals surface area contributed by atoms with E-state index in [1.807, 2.05) is 97.9 Å². The van der Waals surface area contributed by atoms with E-state index in [9.17, 15) is 8.42 Å². The Balaban J connectivity index is 1.60. The summed E-state index contributed by atoms with van der Waals surface area (Å²) in [6.45, 7) is 1.94. The minimum Gasteiger partial charge on any atom is -0.244 e. The van der Waals surface area contributed by atoms with E-state index in [2.05, 4.69) is 0 Å². The summed E-state index contributed by atoms with van der Waals surface area (Å²) < 4.78 is 25.9. The summed E-state index contributed by atoms with van der Waals surface area (Å²) in [5, 5.41) is 0. The molecule has 162 valence electrons. The standard InChI is InChI=1S/C28H22N2O2S/c1-20-12-15-24(16-13-20)33(31,32)19-21-14-17-25-26(18-21)30-28(23-10-6-3-7-11-23)27(29-25)22-8-4-2-5-9-22/h2-18H,19H2,1H3. The van der Waals surface area contributed by atoms with Gasteiger partial charge in [-0.1, -0.05) is 84.4 Å². The Labute approximate surface area is 193 Å². The van der Waals surface area contributed by atoms with Gasteiger partial charge in [-0.2, -0.15) is 0 Å². The van der Waals surface area contributed by atoms with E-state index in [-0.39, 0.29) is 5.75 Å². The number of benzene rings is 4. The second-order valence-corrected chi connectivity index (χ2v) is 10.0. The zero-order valence-corrected chi connectivity index (χ0v) is 19.0. The van der Waals surface area contributed by atoms with E-state index in [1.54, 1.807) is 12.1 Å². The molecule has 0 radical (unpaired) electrons. The molecule has 1 aromatic heterocycles. The molecule has 1 heterocycles. The molecule has 5 aromatic rings. The molecule has 0 spiro atoms. The first-order valence-electron chi connectivity index (χ1n) is 10.7. The van der Waals surface area contributed by atoms with Crippen molar-refractivity contribution in [3.63, 3.8) is 0 Å². The molecule has 5 heteroatoms. The van der Waals surface area contributed by atoms with Crippen molar-refractivity contribution in [2.45, 2.75) is 17.6 Å². The van der Waals surface area contributed by atoms with Crippen LogP contribution in [0, 0.1) is 6.92 Å². The molecule has 0 aliphatic rings. The molecule has 4 aromatic carbocycles. The van der Waals surface area contributed by atoms with Gasteiger partial charge in [0, 0.05) is 11.1 Å². The number of hydrogen-bond donors (Lipinski definition) is 0. The number of hydrogen-bond acceptors (Lipinski definition) is 4. The minimum atomic E-state index is -3.46. The molecule has 0 aliphatic heterocycles. The van der Waals surface area contributed by atoms with Crippen LogP contribution in [0.5, 0.6) is 0 Å². The third-order valence-corrected chi connectivity index (χ3v) is 7.26. The molecular formula is C28H22N2O2S. The molecule has 0 bridgehead atoms. The predicted octanol–water partition coefficient (Wildman–Crippen LogP) is 6.25. The second kappa shape index (κ2) is 8.60. The van der Waals surface area contributed by atoms with Crippen molar-refractivity contribution in [3.8, 4) is 22.5 Å². The molecule has 5 rings (SSSR count). The van der Waals surface area contributed by atoms with Gasteiger partial charge in [0.25, 0.3) is 0 Å². The first-order chi connectivity index (χ1) is 16.0. The lowest BCUT2D eigenvalue weighted by molar-refractivity contribution is 0.595. The minimum absolute atomic E-state index is 0.0885. The van der Waals surface area contributed by atoms with Crippen LogP contribution in [0.1, 0.15) is 11.1 Å². The van der Waals surface area contributed by atoms with Crippen molar-refractivity contribution in [1.29, 1.82) is 0 Å². The zero-order valence-electron chi connectivity index (χ0n) is 18.1. The van der Waals surface area contributed by atoms with Crippen molar-refractivity contribution in [2.24, 2.45) is 0 Å². The summed E-state index contributed by atoms with van der Waals surface area (Å²) in [7, 11) is -3.46. The average Bonchev–Trinajstić information content (AvgIpc) is 2.84. The SMILES string of the molecule is Cc1ccc(S(=O)(=O)Cc2ccc3nc(-c4ccccc4)c(-c4ccccc4)nc3c2)cc1. The normalized spacial score (nSPS) is 11.5. The van der Waals surface area contributed by atoms with Crippen molar-refractivity contribution < 1.29 is 8.42 Å². The maximum absolute atomic E-state index is 12.9. The number of fused-ring (bicyclic) bond motifs is 1. The molecule has 0 atom stereocenters. The van der Waals surface area contributed by atoms with E-state index in [4.69, 9.17) is 9.97 Å². The van der Waals surface area contributed by atoms with Crippen LogP contribution in [-0.4, -0.2) is 18.4 Å². The fourth-order valence-corrected chi connectivity index (χ4v) is 5.17. The highest BCUT2D eigenvalue weighted by molar-refractivity contribution is 7.90. The van der Waals surface area contributed by atoms with Gasteiger partial charge in [0.2, 0.25) is 0 Å². The summed E-state index contributed by atoms with van der Waals surface area (Å²) in [6, 6.07) is 32.3. The molecule has 4 nitrogen and oxygen atoms in total. The van der Waals surface area contributed by atoms with E-state index < -0.39 is 9.84 Å². The molecule has 0 unspecified atom stereocenters. The molecule has 0 fully saturated rings. The molecule has 0 saturated carbocycles. The Morgan fingerprint density at radius 3 is 1.76 bits per heavy atom. The lowest BCUT2D eigenvalue weighted by atomic mass is 10.0. The van der Waals surface area contributed by atoms with E-state index in [0.29, 0.717) is 16.0 Å². The van der Waals surface area contributed by atoms with Gasteiger partial charge in [0.15, 0.2) is 9.84 Å². The summed E-state index contributed by atoms with van der Waals surface area (Å²) in [5.41, 5.74) is 6.62. The first-order valence-corrected chi connectivity index (χ1v) is 12.4. The van der Waals surface area contributed by atoms with E-state index in [1.165, 1.54) is 0 Å². The Morgan fingerprint density at radius 2 is 1.18 bits per heavy atom. The zero-order chi connectivity index (χ0) is 22.8. The maximum atomic E-state index is 12.9. The Kier molecular flexibility index (Phi) is 5.48. The molecular weight excluding hydrogens is 428 g/mol. The van der Waals surface area contributed by atoms with Crippen LogP contribution in [0.2, 0.25) is 0 Å². The summed E-state index contributed by atoms with van der Waals surface area (Å²) in [5.74, 6) is -0.0885. The van der Waals surface area contributed by atoms with Gasteiger partial charge >= 0.3 is 0 Å². The van der Waals surface area contributed by atoms with Crippen molar-refractivity contribution in [1.82, 2.24) is 9.97 Å². The highest BCUT2D eigenvalue weighted by Crippen LogP contribution is 2.31. The van der Waals surface area contributed by atoms with Crippen LogP contribution in [0.25, 0.3) is 33.5 Å². The van der Waals surface area contributed by atoms with Gasteiger partial charge in [-0.3, -0.25) is 0 Å². The third kappa shape index (κ3) is 4.41. The number of sulfone groups is 1. The number of rotatable bonds is 5. The predicted molar refractivity (Wildman–Crippen MR) is 132 cm³/mol. The average molecular weight is 451 g/mol. The van der Waals surface area contributed by atoms with Crippen molar-refractivity contribution >= 4 is 20.9 Å². The number of aromatic nitrogens is 2. The monoisotopic (exact) mass is 450 g/mol. The lowest BCUT2D eigenvalue weighted by Gasteiger charge is -2.12. The van der Waals surface area contributed by atoms with Crippen LogP contribution in [0.4, 0.5) is 0 Å². The van der Waals surface area contributed by atoms with Crippen molar-refractivity contribution in [3.05, 3.63) is 114 Å². The molecule has 33 heavy (non-hydrogen) atoms. The second-order valence-electron chi connectivity index (χ2n) is 8.05. The largest absolute Gasteiger partial charge is 0.244 e. The fourth-order valence-electron chi connectivity index (χ4n) is 3.83.